The summed E-state index contributed by atoms with van der Waals surface area (Å²) in [7, 11) is 0. The molecular formula is C17H16O2. The Bertz CT molecular complexity index is 571. The monoisotopic (exact) mass is 252 g/mol. The first kappa shape index (κ1) is 13.1. The number of ketones is 1. The van der Waals surface area contributed by atoms with Gasteiger partial charge < -0.3 is 4.74 Å². The molecule has 0 spiro atoms. The predicted molar refractivity (Wildman–Crippen MR) is 76.4 cm³/mol. The molecule has 96 valence electrons. The summed E-state index contributed by atoms with van der Waals surface area (Å²) in [5.41, 5.74) is 1.75. The Kier molecular flexibility index (Phi) is 4.51. The molecule has 0 aliphatic rings. The van der Waals surface area contributed by atoms with Crippen molar-refractivity contribution in [2.45, 2.75) is 13.5 Å². The summed E-state index contributed by atoms with van der Waals surface area (Å²) in [6.45, 7) is 2.33. The first-order valence-corrected chi connectivity index (χ1v) is 6.23. The second-order valence-electron chi connectivity index (χ2n) is 4.17. The number of allylic oxidation sites excluding steroid dienone is 2. The largest absolute Gasteiger partial charge is 0.489 e. The maximum atomic E-state index is 11.7. The van der Waals surface area contributed by atoms with E-state index in [1.807, 2.05) is 49.4 Å². The number of carbonyl (C=O) groups is 1. The lowest BCUT2D eigenvalue weighted by molar-refractivity contribution is 0.104. The van der Waals surface area contributed by atoms with E-state index in [1.165, 1.54) is 0 Å². The van der Waals surface area contributed by atoms with Gasteiger partial charge in [0.2, 0.25) is 0 Å². The third-order valence-electron chi connectivity index (χ3n) is 2.68. The molecule has 2 heteroatoms. The van der Waals surface area contributed by atoms with Gasteiger partial charge >= 0.3 is 0 Å². The second-order valence-corrected chi connectivity index (χ2v) is 4.17. The van der Waals surface area contributed by atoms with Gasteiger partial charge in [-0.3, -0.25) is 4.79 Å². The molecule has 0 unspecified atom stereocenters. The van der Waals surface area contributed by atoms with Crippen LogP contribution in [0.3, 0.4) is 0 Å². The highest BCUT2D eigenvalue weighted by molar-refractivity contribution is 6.04. The maximum Gasteiger partial charge on any atom is 0.185 e. The van der Waals surface area contributed by atoms with Gasteiger partial charge in [0, 0.05) is 5.56 Å². The van der Waals surface area contributed by atoms with Crippen LogP contribution in [0, 0.1) is 0 Å². The molecule has 0 aromatic heterocycles. The third-order valence-corrected chi connectivity index (χ3v) is 2.68. The standard InChI is InChI=1S/C17H16O2/c1-2-7-17(18)15-10-6-11-16(12-15)19-13-14-8-4-3-5-9-14/h2-12H,13H2,1H3. The summed E-state index contributed by atoms with van der Waals surface area (Å²) in [5, 5.41) is 0. The minimum absolute atomic E-state index is 0.00680. The molecule has 0 radical (unpaired) electrons. The third kappa shape index (κ3) is 3.81. The molecule has 2 nitrogen and oxygen atoms in total. The van der Waals surface area contributed by atoms with Crippen molar-refractivity contribution in [3.63, 3.8) is 0 Å². The first-order chi connectivity index (χ1) is 9.29. The summed E-state index contributed by atoms with van der Waals surface area (Å²) in [6, 6.07) is 17.2. The highest BCUT2D eigenvalue weighted by atomic mass is 16.5. The van der Waals surface area contributed by atoms with Crippen LogP contribution in [0.25, 0.3) is 0 Å². The summed E-state index contributed by atoms with van der Waals surface area (Å²) < 4.78 is 5.68. The molecule has 2 aromatic carbocycles. The van der Waals surface area contributed by atoms with Gasteiger partial charge in [-0.15, -0.1) is 0 Å². The van der Waals surface area contributed by atoms with Crippen LogP contribution >= 0.6 is 0 Å². The summed E-state index contributed by atoms with van der Waals surface area (Å²) in [6.07, 6.45) is 3.29. The molecule has 19 heavy (non-hydrogen) atoms. The summed E-state index contributed by atoms with van der Waals surface area (Å²) in [5.74, 6) is 0.701. The highest BCUT2D eigenvalue weighted by Gasteiger charge is 2.03. The van der Waals surface area contributed by atoms with Crippen molar-refractivity contribution in [2.75, 3.05) is 0 Å². The minimum atomic E-state index is -0.00680. The van der Waals surface area contributed by atoms with Crippen LogP contribution in [0.5, 0.6) is 5.75 Å². The summed E-state index contributed by atoms with van der Waals surface area (Å²) >= 11 is 0. The molecule has 0 aliphatic heterocycles. The van der Waals surface area contributed by atoms with E-state index in [1.54, 1.807) is 24.3 Å². The first-order valence-electron chi connectivity index (χ1n) is 6.23. The van der Waals surface area contributed by atoms with E-state index in [0.29, 0.717) is 17.9 Å². The normalized spacial score (nSPS) is 10.6. The quantitative estimate of drug-likeness (QED) is 0.593. The number of rotatable bonds is 5. The molecule has 0 N–H and O–H groups in total. The number of carbonyl (C=O) groups excluding carboxylic acids is 1. The topological polar surface area (TPSA) is 26.3 Å². The lowest BCUT2D eigenvalue weighted by atomic mass is 10.1. The van der Waals surface area contributed by atoms with E-state index < -0.39 is 0 Å². The molecular weight excluding hydrogens is 236 g/mol. The van der Waals surface area contributed by atoms with Gasteiger partial charge in [-0.05, 0) is 30.7 Å². The molecule has 0 saturated heterocycles. The van der Waals surface area contributed by atoms with Gasteiger partial charge in [0.25, 0.3) is 0 Å². The zero-order valence-electron chi connectivity index (χ0n) is 10.9. The molecule has 0 amide bonds. The number of ether oxygens (including phenoxy) is 1. The Morgan fingerprint density at radius 3 is 2.63 bits per heavy atom. The molecule has 0 bridgehead atoms. The van der Waals surface area contributed by atoms with Gasteiger partial charge in [-0.25, -0.2) is 0 Å². The van der Waals surface area contributed by atoms with Gasteiger partial charge in [0.15, 0.2) is 5.78 Å². The maximum absolute atomic E-state index is 11.7. The van der Waals surface area contributed by atoms with Crippen LogP contribution in [0.4, 0.5) is 0 Å². The average molecular weight is 252 g/mol. The van der Waals surface area contributed by atoms with Crippen molar-refractivity contribution in [3.8, 4) is 5.75 Å². The molecule has 2 rings (SSSR count). The Balaban J connectivity index is 2.05. The van der Waals surface area contributed by atoms with E-state index >= 15 is 0 Å². The minimum Gasteiger partial charge on any atom is -0.489 e. The Hall–Kier alpha value is -2.35. The van der Waals surface area contributed by atoms with Crippen LogP contribution in [0.15, 0.2) is 66.7 Å². The molecule has 0 heterocycles. The fraction of sp³-hybridized carbons (Fsp3) is 0.118. The van der Waals surface area contributed by atoms with E-state index in [9.17, 15) is 4.79 Å². The van der Waals surface area contributed by atoms with E-state index in [0.717, 1.165) is 5.56 Å². The van der Waals surface area contributed by atoms with Crippen molar-refractivity contribution in [1.82, 2.24) is 0 Å². The van der Waals surface area contributed by atoms with Crippen LogP contribution < -0.4 is 4.74 Å². The number of hydrogen-bond acceptors (Lipinski definition) is 2. The number of hydrogen-bond donors (Lipinski definition) is 0. The second kappa shape index (κ2) is 6.55. The van der Waals surface area contributed by atoms with Gasteiger partial charge in [0.05, 0.1) is 0 Å². The van der Waals surface area contributed by atoms with Crippen LogP contribution in [-0.4, -0.2) is 5.78 Å². The lowest BCUT2D eigenvalue weighted by Crippen LogP contribution is -1.98. The smallest absolute Gasteiger partial charge is 0.185 e. The molecule has 2 aromatic rings. The average Bonchev–Trinajstić information content (AvgIpc) is 2.47. The molecule has 0 saturated carbocycles. The van der Waals surface area contributed by atoms with Gasteiger partial charge in [0.1, 0.15) is 12.4 Å². The van der Waals surface area contributed by atoms with E-state index in [-0.39, 0.29) is 5.78 Å². The van der Waals surface area contributed by atoms with Crippen molar-refractivity contribution < 1.29 is 9.53 Å². The lowest BCUT2D eigenvalue weighted by Gasteiger charge is -2.07. The Morgan fingerprint density at radius 1 is 1.11 bits per heavy atom. The number of benzene rings is 2. The fourth-order valence-corrected chi connectivity index (χ4v) is 1.73. The van der Waals surface area contributed by atoms with E-state index in [2.05, 4.69) is 0 Å². The Morgan fingerprint density at radius 2 is 1.89 bits per heavy atom. The molecule has 0 fully saturated rings. The van der Waals surface area contributed by atoms with Crippen molar-refractivity contribution in [1.29, 1.82) is 0 Å². The van der Waals surface area contributed by atoms with Crippen LogP contribution in [0.1, 0.15) is 22.8 Å². The van der Waals surface area contributed by atoms with Crippen LogP contribution in [0.2, 0.25) is 0 Å². The van der Waals surface area contributed by atoms with Crippen molar-refractivity contribution >= 4 is 5.78 Å². The van der Waals surface area contributed by atoms with E-state index in [4.69, 9.17) is 4.74 Å². The highest BCUT2D eigenvalue weighted by Crippen LogP contribution is 2.16. The Labute approximate surface area is 113 Å². The predicted octanol–water partition coefficient (Wildman–Crippen LogP) is 4.02. The molecule has 0 atom stereocenters. The summed E-state index contributed by atoms with van der Waals surface area (Å²) in [4.78, 5) is 11.7. The van der Waals surface area contributed by atoms with Gasteiger partial charge in [-0.2, -0.15) is 0 Å². The zero-order chi connectivity index (χ0) is 13.5. The zero-order valence-corrected chi connectivity index (χ0v) is 10.9. The fourth-order valence-electron chi connectivity index (χ4n) is 1.73. The SMILES string of the molecule is CC=CC(=O)c1cccc(OCc2ccccc2)c1. The van der Waals surface area contributed by atoms with Crippen LogP contribution in [-0.2, 0) is 6.61 Å². The van der Waals surface area contributed by atoms with Crippen molar-refractivity contribution in [2.24, 2.45) is 0 Å². The molecule has 0 aliphatic carbocycles. The van der Waals surface area contributed by atoms with Crippen molar-refractivity contribution in [3.05, 3.63) is 77.9 Å². The van der Waals surface area contributed by atoms with Gasteiger partial charge in [-0.1, -0.05) is 48.5 Å².